The van der Waals surface area contributed by atoms with Crippen molar-refractivity contribution >= 4 is 48.6 Å². The van der Waals surface area contributed by atoms with Gasteiger partial charge >= 0.3 is 5.97 Å². The van der Waals surface area contributed by atoms with E-state index in [9.17, 15) is 21.6 Å². The maximum Gasteiger partial charge on any atom is 0.338 e. The molecule has 1 aliphatic rings. The summed E-state index contributed by atoms with van der Waals surface area (Å²) in [4.78, 5) is 11.7. The molecule has 0 fully saturated rings. The first-order chi connectivity index (χ1) is 14.2. The predicted octanol–water partition coefficient (Wildman–Crippen LogP) is 2.42. The van der Waals surface area contributed by atoms with Crippen molar-refractivity contribution in [1.82, 2.24) is 4.72 Å². The topological polar surface area (TPSA) is 131 Å². The number of nitrogens with one attached hydrogen (secondary N) is 2. The second-order valence-electron chi connectivity index (χ2n) is 6.01. The van der Waals surface area contributed by atoms with Gasteiger partial charge in [-0.15, -0.1) is 4.40 Å². The third-order valence-corrected chi connectivity index (χ3v) is 7.96. The van der Waals surface area contributed by atoms with Gasteiger partial charge in [-0.05, 0) is 61.2 Å². The van der Waals surface area contributed by atoms with E-state index in [1.54, 1.807) is 38.1 Å². The summed E-state index contributed by atoms with van der Waals surface area (Å²) in [5.41, 5.74) is 0.896. The molecule has 1 aliphatic heterocycles. The van der Waals surface area contributed by atoms with Gasteiger partial charge in [0.2, 0.25) is 10.0 Å². The first kappa shape index (κ1) is 22.3. The highest BCUT2D eigenvalue weighted by Gasteiger charge is 2.28. The zero-order valence-corrected chi connectivity index (χ0v) is 18.5. The van der Waals surface area contributed by atoms with Crippen LogP contribution < -0.4 is 10.0 Å². The summed E-state index contributed by atoms with van der Waals surface area (Å²) in [6, 6.07) is 10.2. The second-order valence-corrected chi connectivity index (χ2v) is 10.4. The van der Waals surface area contributed by atoms with Crippen LogP contribution >= 0.6 is 11.8 Å². The van der Waals surface area contributed by atoms with Crippen LogP contribution in [0.5, 0.6) is 0 Å². The summed E-state index contributed by atoms with van der Waals surface area (Å²) in [5.74, 6) is -0.451. The molecule has 0 bridgehead atoms. The highest BCUT2D eigenvalue weighted by Crippen LogP contribution is 2.36. The maximum absolute atomic E-state index is 12.6. The summed E-state index contributed by atoms with van der Waals surface area (Å²) < 4.78 is 60.5. The molecule has 0 spiro atoms. The van der Waals surface area contributed by atoms with E-state index in [-0.39, 0.29) is 28.1 Å². The van der Waals surface area contributed by atoms with Crippen LogP contribution in [-0.4, -0.2) is 41.1 Å². The van der Waals surface area contributed by atoms with Crippen molar-refractivity contribution in [3.8, 4) is 0 Å². The molecule has 0 atom stereocenters. The minimum atomic E-state index is -4.10. The number of hydrogen-bond donors (Lipinski definition) is 2. The number of benzene rings is 2. The molecular weight excluding hydrogens is 450 g/mol. The third kappa shape index (κ3) is 4.83. The molecule has 12 heteroatoms. The number of amidine groups is 1. The zero-order valence-electron chi connectivity index (χ0n) is 16.1. The fourth-order valence-corrected chi connectivity index (χ4v) is 6.23. The largest absolute Gasteiger partial charge is 0.462 e. The Morgan fingerprint density at radius 3 is 2.47 bits per heavy atom. The first-order valence-corrected chi connectivity index (χ1v) is 12.6. The summed E-state index contributed by atoms with van der Waals surface area (Å²) >= 11 is 1.06. The molecule has 2 aromatic carbocycles. The molecular formula is C18H19N3O6S3. The van der Waals surface area contributed by atoms with Gasteiger partial charge in [0.1, 0.15) is 4.90 Å². The number of thioether (sulfide) groups is 1. The number of nitrogens with zero attached hydrogens (tertiary/aromatic N) is 1. The number of sulfonamides is 2. The summed E-state index contributed by atoms with van der Waals surface area (Å²) in [6.07, 6.45) is 0. The molecule has 0 aromatic heterocycles. The smallest absolute Gasteiger partial charge is 0.338 e. The van der Waals surface area contributed by atoms with Crippen molar-refractivity contribution in [1.29, 1.82) is 0 Å². The van der Waals surface area contributed by atoms with Crippen LogP contribution in [0.25, 0.3) is 0 Å². The Hall–Kier alpha value is -2.41. The molecule has 0 radical (unpaired) electrons. The number of esters is 1. The van der Waals surface area contributed by atoms with Crippen molar-refractivity contribution in [2.75, 3.05) is 18.5 Å². The molecule has 0 saturated carbocycles. The number of ether oxygens (including phenoxy) is 1. The van der Waals surface area contributed by atoms with Crippen molar-refractivity contribution in [2.45, 2.75) is 28.5 Å². The van der Waals surface area contributed by atoms with Gasteiger partial charge in [0, 0.05) is 17.1 Å². The van der Waals surface area contributed by atoms with Crippen LogP contribution in [0.15, 0.2) is 61.5 Å². The number of fused-ring (bicyclic) bond motifs is 1. The van der Waals surface area contributed by atoms with Gasteiger partial charge < -0.3 is 10.1 Å². The highest BCUT2D eigenvalue weighted by molar-refractivity contribution is 8.15. The van der Waals surface area contributed by atoms with Gasteiger partial charge in [-0.3, -0.25) is 0 Å². The summed E-state index contributed by atoms with van der Waals surface area (Å²) in [6.45, 7) is 3.79. The van der Waals surface area contributed by atoms with E-state index in [0.29, 0.717) is 16.1 Å². The molecule has 1 heterocycles. The van der Waals surface area contributed by atoms with Gasteiger partial charge in [0.25, 0.3) is 10.0 Å². The SMILES string of the molecule is CCNS(=O)(=O)c1ccc2c(c1)S(=O)(=O)N=C(Nc1ccc(C(=O)OCC)cc1)S2. The van der Waals surface area contributed by atoms with Crippen LogP contribution in [0.1, 0.15) is 24.2 Å². The Morgan fingerprint density at radius 2 is 1.83 bits per heavy atom. The van der Waals surface area contributed by atoms with Crippen LogP contribution in [-0.2, 0) is 24.8 Å². The lowest BCUT2D eigenvalue weighted by Gasteiger charge is -2.17. The van der Waals surface area contributed by atoms with Gasteiger partial charge in [0.05, 0.1) is 17.1 Å². The first-order valence-electron chi connectivity index (χ1n) is 8.87. The van der Waals surface area contributed by atoms with Gasteiger partial charge in [-0.25, -0.2) is 17.9 Å². The Kier molecular flexibility index (Phi) is 6.50. The van der Waals surface area contributed by atoms with Crippen molar-refractivity contribution in [2.24, 2.45) is 4.40 Å². The van der Waals surface area contributed by atoms with E-state index in [4.69, 9.17) is 4.74 Å². The lowest BCUT2D eigenvalue weighted by Crippen LogP contribution is -2.24. The number of hydrogen-bond acceptors (Lipinski definition) is 8. The van der Waals surface area contributed by atoms with Crippen LogP contribution in [0.3, 0.4) is 0 Å². The van der Waals surface area contributed by atoms with Gasteiger partial charge in [-0.2, -0.15) is 8.42 Å². The molecule has 0 saturated heterocycles. The Bertz CT molecular complexity index is 1210. The van der Waals surface area contributed by atoms with Gasteiger partial charge in [-0.1, -0.05) is 6.92 Å². The highest BCUT2D eigenvalue weighted by atomic mass is 32.2. The molecule has 0 aliphatic carbocycles. The van der Waals surface area contributed by atoms with E-state index in [1.807, 2.05) is 0 Å². The predicted molar refractivity (Wildman–Crippen MR) is 114 cm³/mol. The number of anilines is 1. The van der Waals surface area contributed by atoms with Crippen molar-refractivity contribution < 1.29 is 26.4 Å². The van der Waals surface area contributed by atoms with Crippen LogP contribution in [0.4, 0.5) is 5.69 Å². The zero-order chi connectivity index (χ0) is 21.9. The van der Waals surface area contributed by atoms with Crippen LogP contribution in [0, 0.1) is 0 Å². The normalized spacial score (nSPS) is 15.1. The molecule has 0 amide bonds. The van der Waals surface area contributed by atoms with Crippen molar-refractivity contribution in [3.63, 3.8) is 0 Å². The Labute approximate surface area is 179 Å². The van der Waals surface area contributed by atoms with E-state index in [1.165, 1.54) is 12.1 Å². The average Bonchev–Trinajstić information content (AvgIpc) is 2.68. The quantitative estimate of drug-likeness (QED) is 0.617. The van der Waals surface area contributed by atoms with E-state index in [2.05, 4.69) is 14.4 Å². The molecule has 3 rings (SSSR count). The minimum absolute atomic E-state index is 0.105. The van der Waals surface area contributed by atoms with Gasteiger partial charge in [0.15, 0.2) is 5.17 Å². The van der Waals surface area contributed by atoms with Crippen LogP contribution in [0.2, 0.25) is 0 Å². The third-order valence-electron chi connectivity index (χ3n) is 3.89. The Balaban J connectivity index is 1.84. The molecule has 9 nitrogen and oxygen atoms in total. The summed E-state index contributed by atoms with van der Waals surface area (Å²) in [7, 11) is -7.90. The average molecular weight is 470 g/mol. The van der Waals surface area contributed by atoms with Crippen molar-refractivity contribution in [3.05, 3.63) is 48.0 Å². The lowest BCUT2D eigenvalue weighted by molar-refractivity contribution is 0.0526. The minimum Gasteiger partial charge on any atom is -0.462 e. The van der Waals surface area contributed by atoms with E-state index in [0.717, 1.165) is 17.8 Å². The molecule has 160 valence electrons. The fraction of sp³-hybridized carbons (Fsp3) is 0.222. The number of carbonyl (C=O) groups excluding carboxylic acids is 1. The standard InChI is InChI=1S/C18H19N3O6S3/c1-3-19-29(23,24)14-9-10-15-16(11-14)30(25,26)21-18(28-15)20-13-7-5-12(6-8-13)17(22)27-4-2/h5-11,19H,3-4H2,1-2H3,(H,20,21). The monoisotopic (exact) mass is 469 g/mol. The summed E-state index contributed by atoms with van der Waals surface area (Å²) in [5, 5.41) is 3.00. The fourth-order valence-electron chi connectivity index (χ4n) is 2.57. The molecule has 2 aromatic rings. The van der Waals surface area contributed by atoms with E-state index >= 15 is 0 Å². The molecule has 2 N–H and O–H groups in total. The number of carbonyl (C=O) groups is 1. The lowest BCUT2D eigenvalue weighted by atomic mass is 10.2. The maximum atomic E-state index is 12.6. The molecule has 30 heavy (non-hydrogen) atoms. The number of rotatable bonds is 6. The Morgan fingerprint density at radius 1 is 1.13 bits per heavy atom. The van der Waals surface area contributed by atoms with E-state index < -0.39 is 26.0 Å². The molecule has 0 unspecified atom stereocenters. The second kappa shape index (κ2) is 8.76.